The Labute approximate surface area is 124 Å². The predicted molar refractivity (Wildman–Crippen MR) is 84.1 cm³/mol. The Morgan fingerprint density at radius 1 is 1.26 bits per heavy atom. The molecule has 0 bridgehead atoms. The number of halogens is 1. The van der Waals surface area contributed by atoms with E-state index < -0.39 is 10.0 Å². The first kappa shape index (κ1) is 16.5. The minimum Gasteiger partial charge on any atom is -0.317 e. The number of anilines is 1. The second-order valence-corrected chi connectivity index (χ2v) is 7.16. The van der Waals surface area contributed by atoms with Crippen molar-refractivity contribution in [3.63, 3.8) is 0 Å². The summed E-state index contributed by atoms with van der Waals surface area (Å²) in [5.41, 5.74) is 1.68. The third-order valence-corrected chi connectivity index (χ3v) is 4.67. The number of rotatable bonds is 8. The van der Waals surface area contributed by atoms with Crippen LogP contribution in [0.1, 0.15) is 25.3 Å². The molecule has 0 fully saturated rings. The lowest BCUT2D eigenvalue weighted by Crippen LogP contribution is -2.19. The van der Waals surface area contributed by atoms with E-state index in [0.29, 0.717) is 12.1 Å². The van der Waals surface area contributed by atoms with Gasteiger partial charge in [-0.05, 0) is 66.5 Å². The average molecular weight is 349 g/mol. The summed E-state index contributed by atoms with van der Waals surface area (Å²) >= 11 is 3.37. The first-order valence-corrected chi connectivity index (χ1v) is 8.86. The first-order chi connectivity index (χ1) is 8.94. The molecule has 1 rings (SSSR count). The summed E-state index contributed by atoms with van der Waals surface area (Å²) in [7, 11) is -3.26. The minimum absolute atomic E-state index is 0.151. The van der Waals surface area contributed by atoms with Gasteiger partial charge in [0.25, 0.3) is 0 Å². The van der Waals surface area contributed by atoms with Crippen molar-refractivity contribution in [1.82, 2.24) is 5.32 Å². The van der Waals surface area contributed by atoms with E-state index in [4.69, 9.17) is 0 Å². The molecule has 0 unspecified atom stereocenters. The molecule has 0 saturated heterocycles. The van der Waals surface area contributed by atoms with E-state index in [1.807, 2.05) is 26.0 Å². The maximum absolute atomic E-state index is 11.9. The van der Waals surface area contributed by atoms with Gasteiger partial charge in [-0.25, -0.2) is 8.42 Å². The second-order valence-electron chi connectivity index (χ2n) is 4.46. The van der Waals surface area contributed by atoms with Crippen LogP contribution in [0.15, 0.2) is 22.7 Å². The highest BCUT2D eigenvalue weighted by atomic mass is 79.9. The van der Waals surface area contributed by atoms with Crippen LogP contribution in [0.25, 0.3) is 0 Å². The van der Waals surface area contributed by atoms with Gasteiger partial charge in [0.15, 0.2) is 0 Å². The lowest BCUT2D eigenvalue weighted by atomic mass is 10.2. The maximum Gasteiger partial charge on any atom is 0.232 e. The van der Waals surface area contributed by atoms with E-state index >= 15 is 0 Å². The molecule has 108 valence electrons. The molecule has 0 heterocycles. The zero-order valence-corrected chi connectivity index (χ0v) is 13.8. The summed E-state index contributed by atoms with van der Waals surface area (Å²) in [4.78, 5) is 0. The largest absolute Gasteiger partial charge is 0.317 e. The Morgan fingerprint density at radius 3 is 2.63 bits per heavy atom. The van der Waals surface area contributed by atoms with Gasteiger partial charge in [-0.1, -0.05) is 13.0 Å². The van der Waals surface area contributed by atoms with Crippen molar-refractivity contribution in [2.75, 3.05) is 23.6 Å². The SMILES string of the molecule is CCNCCCCS(=O)(=O)Nc1ccc(C)cc1Br. The van der Waals surface area contributed by atoms with Gasteiger partial charge in [-0.2, -0.15) is 0 Å². The van der Waals surface area contributed by atoms with Gasteiger partial charge < -0.3 is 5.32 Å². The highest BCUT2D eigenvalue weighted by molar-refractivity contribution is 9.10. The van der Waals surface area contributed by atoms with Gasteiger partial charge >= 0.3 is 0 Å². The number of aryl methyl sites for hydroxylation is 1. The molecule has 4 nitrogen and oxygen atoms in total. The fourth-order valence-electron chi connectivity index (χ4n) is 1.64. The first-order valence-electron chi connectivity index (χ1n) is 6.42. The fourth-order valence-corrected chi connectivity index (χ4v) is 3.56. The molecule has 0 aliphatic heterocycles. The van der Waals surface area contributed by atoms with Crippen LogP contribution in [0.4, 0.5) is 5.69 Å². The Hall–Kier alpha value is -0.590. The highest BCUT2D eigenvalue weighted by Crippen LogP contribution is 2.24. The van der Waals surface area contributed by atoms with E-state index in [1.165, 1.54) is 0 Å². The molecule has 0 atom stereocenters. The standard InChI is InChI=1S/C13H21BrN2O2S/c1-3-15-8-4-5-9-19(17,18)16-13-7-6-11(2)10-12(13)14/h6-7,10,15-16H,3-5,8-9H2,1-2H3. The molecular weight excluding hydrogens is 328 g/mol. The Bertz CT molecular complexity index is 503. The molecule has 0 aromatic heterocycles. The van der Waals surface area contributed by atoms with Crippen molar-refractivity contribution in [2.45, 2.75) is 26.7 Å². The fraction of sp³-hybridized carbons (Fsp3) is 0.538. The van der Waals surface area contributed by atoms with E-state index in [9.17, 15) is 8.42 Å². The normalized spacial score (nSPS) is 11.5. The van der Waals surface area contributed by atoms with E-state index in [1.54, 1.807) is 6.07 Å². The quantitative estimate of drug-likeness (QED) is 0.710. The van der Waals surface area contributed by atoms with Gasteiger partial charge in [-0.3, -0.25) is 4.72 Å². The molecule has 2 N–H and O–H groups in total. The number of nitrogens with one attached hydrogen (secondary N) is 2. The third-order valence-electron chi connectivity index (χ3n) is 2.66. The number of unbranched alkanes of at least 4 members (excludes halogenated alkanes) is 1. The Balaban J connectivity index is 2.50. The van der Waals surface area contributed by atoms with Crippen LogP contribution in [0, 0.1) is 6.92 Å². The molecule has 0 aliphatic rings. The van der Waals surface area contributed by atoms with Crippen LogP contribution >= 0.6 is 15.9 Å². The molecule has 1 aromatic carbocycles. The second kappa shape index (κ2) is 7.87. The summed E-state index contributed by atoms with van der Waals surface area (Å²) in [6, 6.07) is 5.55. The van der Waals surface area contributed by atoms with E-state index in [-0.39, 0.29) is 5.75 Å². The Kier molecular flexibility index (Phi) is 6.82. The monoisotopic (exact) mass is 348 g/mol. The van der Waals surface area contributed by atoms with Crippen LogP contribution < -0.4 is 10.0 Å². The Morgan fingerprint density at radius 2 is 2.00 bits per heavy atom. The molecule has 0 aliphatic carbocycles. The van der Waals surface area contributed by atoms with Gasteiger partial charge in [0, 0.05) is 4.47 Å². The zero-order chi connectivity index (χ0) is 14.3. The third kappa shape index (κ3) is 6.40. The number of hydrogen-bond donors (Lipinski definition) is 2. The summed E-state index contributed by atoms with van der Waals surface area (Å²) in [6.45, 7) is 5.78. The highest BCUT2D eigenvalue weighted by Gasteiger charge is 2.11. The van der Waals surface area contributed by atoms with Gasteiger partial charge in [-0.15, -0.1) is 0 Å². The molecule has 6 heteroatoms. The topological polar surface area (TPSA) is 58.2 Å². The lowest BCUT2D eigenvalue weighted by Gasteiger charge is -2.10. The van der Waals surface area contributed by atoms with Crippen LogP contribution in [0.3, 0.4) is 0 Å². The smallest absolute Gasteiger partial charge is 0.232 e. The molecule has 19 heavy (non-hydrogen) atoms. The van der Waals surface area contributed by atoms with Crippen molar-refractivity contribution < 1.29 is 8.42 Å². The van der Waals surface area contributed by atoms with Crippen molar-refractivity contribution in [1.29, 1.82) is 0 Å². The van der Waals surface area contributed by atoms with Gasteiger partial charge in [0.2, 0.25) is 10.0 Å². The number of benzene rings is 1. The maximum atomic E-state index is 11.9. The van der Waals surface area contributed by atoms with Crippen LogP contribution in [-0.4, -0.2) is 27.3 Å². The van der Waals surface area contributed by atoms with Crippen molar-refractivity contribution in [3.8, 4) is 0 Å². The summed E-state index contributed by atoms with van der Waals surface area (Å²) in [5, 5.41) is 3.18. The van der Waals surface area contributed by atoms with E-state index in [2.05, 4.69) is 26.0 Å². The molecule has 0 radical (unpaired) electrons. The molecule has 1 aromatic rings. The van der Waals surface area contributed by atoms with Crippen LogP contribution in [0.2, 0.25) is 0 Å². The van der Waals surface area contributed by atoms with Crippen molar-refractivity contribution in [2.24, 2.45) is 0 Å². The van der Waals surface area contributed by atoms with E-state index in [0.717, 1.165) is 29.5 Å². The average Bonchev–Trinajstić information content (AvgIpc) is 2.32. The molecular formula is C13H21BrN2O2S. The summed E-state index contributed by atoms with van der Waals surface area (Å²) in [5.74, 6) is 0.151. The molecule has 0 amide bonds. The van der Waals surface area contributed by atoms with Crippen molar-refractivity contribution >= 4 is 31.6 Å². The predicted octanol–water partition coefficient (Wildman–Crippen LogP) is 2.89. The molecule has 0 spiro atoms. The van der Waals surface area contributed by atoms with Crippen LogP contribution in [-0.2, 0) is 10.0 Å². The zero-order valence-electron chi connectivity index (χ0n) is 11.4. The molecule has 0 saturated carbocycles. The summed E-state index contributed by atoms with van der Waals surface area (Å²) in [6.07, 6.45) is 1.52. The van der Waals surface area contributed by atoms with Crippen molar-refractivity contribution in [3.05, 3.63) is 28.2 Å². The lowest BCUT2D eigenvalue weighted by molar-refractivity contribution is 0.593. The number of hydrogen-bond acceptors (Lipinski definition) is 3. The van der Waals surface area contributed by atoms with Gasteiger partial charge in [0.1, 0.15) is 0 Å². The number of sulfonamides is 1. The summed E-state index contributed by atoms with van der Waals surface area (Å²) < 4.78 is 27.2. The van der Waals surface area contributed by atoms with Gasteiger partial charge in [0.05, 0.1) is 11.4 Å². The minimum atomic E-state index is -3.26. The van der Waals surface area contributed by atoms with Crippen LogP contribution in [0.5, 0.6) is 0 Å².